The van der Waals surface area contributed by atoms with Crippen LogP contribution in [0, 0.1) is 0 Å². The summed E-state index contributed by atoms with van der Waals surface area (Å²) in [5.41, 5.74) is -0.769. The van der Waals surface area contributed by atoms with Gasteiger partial charge in [0.25, 0.3) is 0 Å². The van der Waals surface area contributed by atoms with Gasteiger partial charge in [0.2, 0.25) is 0 Å². The first-order valence-corrected chi connectivity index (χ1v) is 8.50. The Morgan fingerprint density at radius 3 is 2.54 bits per heavy atom. The Bertz CT molecular complexity index is 877. The molecule has 154 valence electrons. The molecule has 10 nitrogen and oxygen atoms in total. The van der Waals surface area contributed by atoms with Crippen LogP contribution in [0.25, 0.3) is 10.8 Å². The van der Waals surface area contributed by atoms with E-state index in [-0.39, 0.29) is 23.5 Å². The second-order valence-electron chi connectivity index (χ2n) is 6.33. The molecule has 0 aliphatic carbocycles. The van der Waals surface area contributed by atoms with Crippen molar-refractivity contribution in [3.63, 3.8) is 0 Å². The summed E-state index contributed by atoms with van der Waals surface area (Å²) in [6, 6.07) is 4.33. The van der Waals surface area contributed by atoms with Gasteiger partial charge in [-0.3, -0.25) is 0 Å². The molecule has 1 aromatic carbocycles. The van der Waals surface area contributed by atoms with Crippen LogP contribution in [0.5, 0.6) is 11.5 Å². The molecule has 0 saturated carbocycles. The number of fused-ring (bicyclic) bond motifs is 1. The van der Waals surface area contributed by atoms with E-state index < -0.39 is 42.9 Å². The lowest BCUT2D eigenvalue weighted by atomic mass is 9.99. The van der Waals surface area contributed by atoms with Gasteiger partial charge in [0.05, 0.1) is 13.7 Å². The molecular formula is C18H22O10. The van der Waals surface area contributed by atoms with Gasteiger partial charge in [0.15, 0.2) is 6.29 Å². The van der Waals surface area contributed by atoms with Crippen molar-refractivity contribution in [2.45, 2.75) is 37.3 Å². The molecule has 10 heteroatoms. The summed E-state index contributed by atoms with van der Waals surface area (Å²) in [6.07, 6.45) is -5.89. The highest BCUT2D eigenvalue weighted by Gasteiger charge is 2.45. The predicted octanol–water partition coefficient (Wildman–Crippen LogP) is -0.522. The number of aliphatic hydroxyl groups is 3. The maximum absolute atomic E-state index is 12.2. The zero-order valence-corrected chi connectivity index (χ0v) is 15.3. The van der Waals surface area contributed by atoms with Gasteiger partial charge in [-0.15, -0.1) is 0 Å². The van der Waals surface area contributed by atoms with Crippen LogP contribution < -0.4 is 10.4 Å². The molecule has 4 N–H and O–H groups in total. The van der Waals surface area contributed by atoms with Gasteiger partial charge < -0.3 is 43.8 Å². The normalized spacial score (nSPS) is 27.8. The van der Waals surface area contributed by atoms with Gasteiger partial charge in [0.1, 0.15) is 53.7 Å². The van der Waals surface area contributed by atoms with Crippen molar-refractivity contribution in [2.75, 3.05) is 20.8 Å². The van der Waals surface area contributed by atoms with Crippen LogP contribution in [0.3, 0.4) is 0 Å². The highest BCUT2D eigenvalue weighted by molar-refractivity contribution is 5.88. The quantitative estimate of drug-likeness (QED) is 0.501. The van der Waals surface area contributed by atoms with Crippen molar-refractivity contribution in [1.82, 2.24) is 0 Å². The van der Waals surface area contributed by atoms with Gasteiger partial charge in [-0.1, -0.05) is 0 Å². The van der Waals surface area contributed by atoms with Crippen molar-refractivity contribution >= 4 is 10.8 Å². The van der Waals surface area contributed by atoms with Crippen LogP contribution in [0.2, 0.25) is 0 Å². The standard InChI is InChI=1S/C18H22O10/c1-24-9-3-8-4-10(27-17(23)13(8)11(20)5-9)7-26-18-15(22)14(21)16(25-2)12(6-19)28-18/h3-5,12,14-16,18-22H,6-7H2,1-2H3. The Morgan fingerprint density at radius 2 is 1.89 bits per heavy atom. The molecule has 1 aliphatic rings. The molecule has 0 radical (unpaired) electrons. The molecule has 3 rings (SSSR count). The van der Waals surface area contributed by atoms with E-state index in [4.69, 9.17) is 23.4 Å². The molecule has 1 fully saturated rings. The maximum Gasteiger partial charge on any atom is 0.347 e. The number of hydrogen-bond donors (Lipinski definition) is 4. The van der Waals surface area contributed by atoms with Crippen molar-refractivity contribution in [2.24, 2.45) is 0 Å². The first-order chi connectivity index (χ1) is 13.4. The van der Waals surface area contributed by atoms with Gasteiger partial charge in [-0.05, 0) is 17.5 Å². The van der Waals surface area contributed by atoms with Crippen LogP contribution in [-0.2, 0) is 20.8 Å². The van der Waals surface area contributed by atoms with Gasteiger partial charge >= 0.3 is 5.63 Å². The first-order valence-electron chi connectivity index (χ1n) is 8.50. The molecule has 0 bridgehead atoms. The zero-order valence-electron chi connectivity index (χ0n) is 15.3. The summed E-state index contributed by atoms with van der Waals surface area (Å²) in [7, 11) is 2.75. The minimum absolute atomic E-state index is 0.00259. The van der Waals surface area contributed by atoms with E-state index in [1.807, 2.05) is 0 Å². The molecular weight excluding hydrogens is 376 g/mol. The Labute approximate surface area is 159 Å². The minimum atomic E-state index is -1.44. The van der Waals surface area contributed by atoms with Gasteiger partial charge in [-0.2, -0.15) is 0 Å². The summed E-state index contributed by atoms with van der Waals surface area (Å²) in [5, 5.41) is 40.0. The van der Waals surface area contributed by atoms with Crippen molar-refractivity contribution in [1.29, 1.82) is 0 Å². The monoisotopic (exact) mass is 398 g/mol. The van der Waals surface area contributed by atoms with Crippen LogP contribution >= 0.6 is 0 Å². The molecule has 0 spiro atoms. The SMILES string of the molecule is COc1cc(O)c2c(=O)oc(COC3OC(CO)C(OC)C(O)C3O)cc2c1. The number of phenolic OH excluding ortho intramolecular Hbond substituents is 1. The zero-order chi connectivity index (χ0) is 20.4. The summed E-state index contributed by atoms with van der Waals surface area (Å²) >= 11 is 0. The predicted molar refractivity (Wildman–Crippen MR) is 94.0 cm³/mol. The molecule has 5 atom stereocenters. The van der Waals surface area contributed by atoms with Crippen molar-refractivity contribution in [3.8, 4) is 11.5 Å². The van der Waals surface area contributed by atoms with E-state index in [1.165, 1.54) is 26.4 Å². The molecule has 1 saturated heterocycles. The lowest BCUT2D eigenvalue weighted by molar-refractivity contribution is -0.308. The molecule has 0 amide bonds. The average Bonchev–Trinajstić information content (AvgIpc) is 2.68. The fraction of sp³-hybridized carbons (Fsp3) is 0.500. The third kappa shape index (κ3) is 3.83. The van der Waals surface area contributed by atoms with Crippen LogP contribution in [0.1, 0.15) is 5.76 Å². The second kappa shape index (κ2) is 8.43. The molecule has 28 heavy (non-hydrogen) atoms. The number of aromatic hydroxyl groups is 1. The van der Waals surface area contributed by atoms with Gasteiger partial charge in [0, 0.05) is 13.2 Å². The number of rotatable bonds is 6. The Morgan fingerprint density at radius 1 is 1.14 bits per heavy atom. The third-order valence-electron chi connectivity index (χ3n) is 4.58. The maximum atomic E-state index is 12.2. The molecule has 5 unspecified atom stereocenters. The largest absolute Gasteiger partial charge is 0.507 e. The van der Waals surface area contributed by atoms with Crippen LogP contribution in [0.4, 0.5) is 0 Å². The average molecular weight is 398 g/mol. The van der Waals surface area contributed by atoms with E-state index in [9.17, 15) is 25.2 Å². The van der Waals surface area contributed by atoms with Crippen molar-refractivity contribution < 1.29 is 43.8 Å². The number of hydrogen-bond acceptors (Lipinski definition) is 10. The molecule has 1 aliphatic heterocycles. The summed E-state index contributed by atoms with van der Waals surface area (Å²) in [4.78, 5) is 12.2. The Balaban J connectivity index is 1.80. The smallest absolute Gasteiger partial charge is 0.347 e. The fourth-order valence-electron chi connectivity index (χ4n) is 3.17. The van der Waals surface area contributed by atoms with E-state index >= 15 is 0 Å². The highest BCUT2D eigenvalue weighted by atomic mass is 16.7. The first kappa shape index (κ1) is 20.5. The van der Waals surface area contributed by atoms with E-state index in [2.05, 4.69) is 0 Å². The molecule has 1 aromatic heterocycles. The van der Waals surface area contributed by atoms with E-state index in [0.717, 1.165) is 0 Å². The van der Waals surface area contributed by atoms with Crippen LogP contribution in [-0.4, -0.2) is 72.0 Å². The number of aliphatic hydroxyl groups excluding tert-OH is 3. The number of benzene rings is 1. The van der Waals surface area contributed by atoms with Gasteiger partial charge in [-0.25, -0.2) is 4.79 Å². The summed E-state index contributed by atoms with van der Waals surface area (Å²) < 4.78 is 26.1. The minimum Gasteiger partial charge on any atom is -0.507 e. The summed E-state index contributed by atoms with van der Waals surface area (Å²) in [6.45, 7) is -0.723. The van der Waals surface area contributed by atoms with Crippen LogP contribution in [0.15, 0.2) is 27.4 Å². The van der Waals surface area contributed by atoms with E-state index in [1.54, 1.807) is 6.07 Å². The second-order valence-corrected chi connectivity index (χ2v) is 6.33. The molecule has 2 heterocycles. The lowest BCUT2D eigenvalue weighted by Gasteiger charge is -2.41. The Kier molecular flexibility index (Phi) is 6.18. The number of phenols is 1. The fourth-order valence-corrected chi connectivity index (χ4v) is 3.17. The van der Waals surface area contributed by atoms with Crippen molar-refractivity contribution in [3.05, 3.63) is 34.4 Å². The summed E-state index contributed by atoms with van der Waals surface area (Å²) in [5.74, 6) is 0.180. The van der Waals surface area contributed by atoms with E-state index in [0.29, 0.717) is 11.1 Å². The topological polar surface area (TPSA) is 148 Å². The number of ether oxygens (including phenoxy) is 4. The Hall–Kier alpha value is -2.21. The lowest BCUT2D eigenvalue weighted by Crippen LogP contribution is -2.59. The number of methoxy groups -OCH3 is 2. The third-order valence-corrected chi connectivity index (χ3v) is 4.58. The molecule has 2 aromatic rings. The highest BCUT2D eigenvalue weighted by Crippen LogP contribution is 2.29.